The van der Waals surface area contributed by atoms with Crippen LogP contribution < -0.4 is 15.4 Å². The first-order valence-electron chi connectivity index (χ1n) is 6.59. The molecule has 8 heteroatoms. The molecule has 0 spiro atoms. The van der Waals surface area contributed by atoms with Gasteiger partial charge in [-0.05, 0) is 31.5 Å². The van der Waals surface area contributed by atoms with E-state index in [-0.39, 0.29) is 6.03 Å². The molecule has 1 aromatic heterocycles. The van der Waals surface area contributed by atoms with Gasteiger partial charge in [-0.15, -0.1) is 11.3 Å². The Morgan fingerprint density at radius 1 is 1.50 bits per heavy atom. The van der Waals surface area contributed by atoms with Crippen molar-refractivity contribution < 1.29 is 9.53 Å². The molecule has 118 valence electrons. The summed E-state index contributed by atoms with van der Waals surface area (Å²) in [6, 6.07) is 5.18. The van der Waals surface area contributed by atoms with E-state index in [2.05, 4.69) is 31.5 Å². The number of benzene rings is 1. The molecule has 2 amide bonds. The van der Waals surface area contributed by atoms with Gasteiger partial charge in [0.25, 0.3) is 0 Å². The van der Waals surface area contributed by atoms with Gasteiger partial charge in [0.05, 0.1) is 17.3 Å². The van der Waals surface area contributed by atoms with Gasteiger partial charge in [0.2, 0.25) is 0 Å². The summed E-state index contributed by atoms with van der Waals surface area (Å²) >= 11 is 10.8. The molecule has 0 radical (unpaired) electrons. The van der Waals surface area contributed by atoms with E-state index in [4.69, 9.17) is 16.3 Å². The van der Waals surface area contributed by atoms with Gasteiger partial charge in [0.1, 0.15) is 5.75 Å². The van der Waals surface area contributed by atoms with Crippen molar-refractivity contribution in [3.8, 4) is 5.75 Å². The van der Waals surface area contributed by atoms with Crippen molar-refractivity contribution >= 4 is 50.0 Å². The smallest absolute Gasteiger partial charge is 0.321 e. The second kappa shape index (κ2) is 8.36. The summed E-state index contributed by atoms with van der Waals surface area (Å²) in [4.78, 5) is 15.8. The van der Waals surface area contributed by atoms with Crippen LogP contribution in [0.4, 0.5) is 9.93 Å². The number of carbonyl (C=O) groups excluding carboxylic acids is 1. The molecule has 0 unspecified atom stereocenters. The number of hydrogen-bond acceptors (Lipinski definition) is 4. The van der Waals surface area contributed by atoms with Gasteiger partial charge in [-0.1, -0.05) is 27.5 Å². The molecule has 0 fully saturated rings. The Morgan fingerprint density at radius 2 is 2.32 bits per heavy atom. The highest BCUT2D eigenvalue weighted by atomic mass is 79.9. The first-order valence-corrected chi connectivity index (χ1v) is 8.64. The highest BCUT2D eigenvalue weighted by Gasteiger charge is 2.05. The van der Waals surface area contributed by atoms with E-state index in [1.54, 1.807) is 12.1 Å². The topological polar surface area (TPSA) is 63.2 Å². The number of urea groups is 1. The Bertz CT molecular complexity index is 651. The maximum absolute atomic E-state index is 11.6. The average molecular weight is 405 g/mol. The van der Waals surface area contributed by atoms with Crippen LogP contribution in [-0.2, 0) is 0 Å². The number of hydrogen-bond donors (Lipinski definition) is 2. The molecule has 5 nitrogen and oxygen atoms in total. The molecule has 1 heterocycles. The molecule has 1 aromatic carbocycles. The lowest BCUT2D eigenvalue weighted by Gasteiger charge is -2.09. The molecule has 2 aromatic rings. The fraction of sp³-hybridized carbons (Fsp3) is 0.286. The largest absolute Gasteiger partial charge is 0.492 e. The van der Waals surface area contributed by atoms with Crippen LogP contribution in [0.2, 0.25) is 5.02 Å². The number of amides is 2. The SMILES string of the molecule is Cc1csc(NC(=O)NCCCOc2ccc(Br)cc2Cl)n1. The molecule has 0 aliphatic rings. The third-order valence-electron chi connectivity index (χ3n) is 2.60. The number of nitrogens with one attached hydrogen (secondary N) is 2. The summed E-state index contributed by atoms with van der Waals surface area (Å²) in [6.07, 6.45) is 0.677. The molecule has 0 aliphatic heterocycles. The van der Waals surface area contributed by atoms with Crippen LogP contribution >= 0.6 is 38.9 Å². The zero-order valence-corrected chi connectivity index (χ0v) is 15.0. The minimum absolute atomic E-state index is 0.268. The molecular formula is C14H15BrClN3O2S. The van der Waals surface area contributed by atoms with Crippen molar-refractivity contribution in [2.75, 3.05) is 18.5 Å². The van der Waals surface area contributed by atoms with Gasteiger partial charge in [0, 0.05) is 16.4 Å². The molecule has 0 bridgehead atoms. The zero-order chi connectivity index (χ0) is 15.9. The minimum atomic E-state index is -0.268. The van der Waals surface area contributed by atoms with Crippen molar-refractivity contribution in [3.63, 3.8) is 0 Å². The second-order valence-electron chi connectivity index (χ2n) is 4.45. The normalized spacial score (nSPS) is 10.3. The quantitative estimate of drug-likeness (QED) is 0.699. The summed E-state index contributed by atoms with van der Waals surface area (Å²) in [5.41, 5.74) is 0.889. The molecular weight excluding hydrogens is 390 g/mol. The second-order valence-corrected chi connectivity index (χ2v) is 6.63. The van der Waals surface area contributed by atoms with E-state index in [1.807, 2.05) is 18.4 Å². The number of aromatic nitrogens is 1. The van der Waals surface area contributed by atoms with E-state index >= 15 is 0 Å². The summed E-state index contributed by atoms with van der Waals surface area (Å²) in [5, 5.41) is 8.45. The van der Waals surface area contributed by atoms with Crippen molar-refractivity contribution in [3.05, 3.63) is 38.8 Å². The van der Waals surface area contributed by atoms with Crippen molar-refractivity contribution in [2.24, 2.45) is 0 Å². The molecule has 0 atom stereocenters. The number of aryl methyl sites for hydroxylation is 1. The maximum Gasteiger partial charge on any atom is 0.321 e. The van der Waals surface area contributed by atoms with Gasteiger partial charge in [-0.25, -0.2) is 9.78 Å². The first-order chi connectivity index (χ1) is 10.5. The van der Waals surface area contributed by atoms with Crippen molar-refractivity contribution in [1.82, 2.24) is 10.3 Å². The predicted octanol–water partition coefficient (Wildman–Crippen LogP) is 4.46. The Morgan fingerprint density at radius 3 is 3.00 bits per heavy atom. The van der Waals surface area contributed by atoms with Gasteiger partial charge >= 0.3 is 6.03 Å². The van der Waals surface area contributed by atoms with Gasteiger partial charge in [0.15, 0.2) is 5.13 Å². The first kappa shape index (κ1) is 17.1. The third kappa shape index (κ3) is 5.47. The number of carbonyl (C=O) groups is 1. The lowest BCUT2D eigenvalue weighted by molar-refractivity contribution is 0.250. The highest BCUT2D eigenvalue weighted by molar-refractivity contribution is 9.10. The van der Waals surface area contributed by atoms with Gasteiger partial charge in [-0.2, -0.15) is 0 Å². The van der Waals surface area contributed by atoms with Crippen LogP contribution in [0.15, 0.2) is 28.1 Å². The van der Waals surface area contributed by atoms with Crippen LogP contribution in [0.1, 0.15) is 12.1 Å². The Labute approximate surface area is 146 Å². The summed E-state index contributed by atoms with van der Waals surface area (Å²) in [7, 11) is 0. The minimum Gasteiger partial charge on any atom is -0.492 e. The standard InChI is InChI=1S/C14H15BrClN3O2S/c1-9-8-22-14(18-9)19-13(20)17-5-2-6-21-12-4-3-10(15)7-11(12)16/h3-4,7-8H,2,5-6H2,1H3,(H2,17,18,19,20). The van der Waals surface area contributed by atoms with E-state index in [0.29, 0.717) is 35.5 Å². The molecule has 22 heavy (non-hydrogen) atoms. The van der Waals surface area contributed by atoms with E-state index in [9.17, 15) is 4.79 Å². The number of anilines is 1. The van der Waals surface area contributed by atoms with Crippen LogP contribution in [0.25, 0.3) is 0 Å². The maximum atomic E-state index is 11.6. The summed E-state index contributed by atoms with van der Waals surface area (Å²) in [5.74, 6) is 0.632. The summed E-state index contributed by atoms with van der Waals surface area (Å²) < 4.78 is 6.46. The average Bonchev–Trinajstić information content (AvgIpc) is 2.86. The fourth-order valence-electron chi connectivity index (χ4n) is 1.60. The van der Waals surface area contributed by atoms with E-state index in [0.717, 1.165) is 10.2 Å². The van der Waals surface area contributed by atoms with Crippen LogP contribution in [0.3, 0.4) is 0 Å². The Hall–Kier alpha value is -1.31. The number of ether oxygens (including phenoxy) is 1. The van der Waals surface area contributed by atoms with E-state index in [1.165, 1.54) is 11.3 Å². The lowest BCUT2D eigenvalue weighted by Crippen LogP contribution is -2.30. The molecule has 0 saturated carbocycles. The fourth-order valence-corrected chi connectivity index (χ4v) is 3.01. The van der Waals surface area contributed by atoms with Crippen LogP contribution in [-0.4, -0.2) is 24.2 Å². The number of nitrogens with zero attached hydrogens (tertiary/aromatic N) is 1. The van der Waals surface area contributed by atoms with E-state index < -0.39 is 0 Å². The lowest BCUT2D eigenvalue weighted by atomic mass is 10.3. The molecule has 0 aliphatic carbocycles. The van der Waals surface area contributed by atoms with Crippen molar-refractivity contribution in [2.45, 2.75) is 13.3 Å². The van der Waals surface area contributed by atoms with Gasteiger partial charge < -0.3 is 10.1 Å². The third-order valence-corrected chi connectivity index (χ3v) is 4.26. The summed E-state index contributed by atoms with van der Waals surface area (Å²) in [6.45, 7) is 2.85. The highest BCUT2D eigenvalue weighted by Crippen LogP contribution is 2.27. The zero-order valence-electron chi connectivity index (χ0n) is 11.9. The van der Waals surface area contributed by atoms with Gasteiger partial charge in [-0.3, -0.25) is 5.32 Å². The Kier molecular flexibility index (Phi) is 6.48. The van der Waals surface area contributed by atoms with Crippen LogP contribution in [0, 0.1) is 6.92 Å². The molecule has 0 saturated heterocycles. The monoisotopic (exact) mass is 403 g/mol. The van der Waals surface area contributed by atoms with Crippen LogP contribution in [0.5, 0.6) is 5.75 Å². The predicted molar refractivity (Wildman–Crippen MR) is 93.1 cm³/mol. The number of thiazole rings is 1. The molecule has 2 N–H and O–H groups in total. The number of rotatable bonds is 6. The molecule has 2 rings (SSSR count). The Balaban J connectivity index is 1.63. The number of halogens is 2. The van der Waals surface area contributed by atoms with Crippen molar-refractivity contribution in [1.29, 1.82) is 0 Å².